The molecule has 12 nitrogen and oxygen atoms in total. The summed E-state index contributed by atoms with van der Waals surface area (Å²) in [6.07, 6.45) is 1.82. The van der Waals surface area contributed by atoms with Crippen LogP contribution in [0.1, 0.15) is 41.1 Å². The topological polar surface area (TPSA) is 142 Å². The minimum absolute atomic E-state index is 0.00997. The molecule has 2 amide bonds. The SMILES string of the molecule is COc1ccc2cc1OCCCNC(=O)CCc1cccc(c1)Oc1cc3c(cc1OC)C2N(S(=O)(=O)c1ccc2c(c1)NC(=O)CO2)CC3. The van der Waals surface area contributed by atoms with E-state index in [9.17, 15) is 18.0 Å². The van der Waals surface area contributed by atoms with Crippen molar-refractivity contribution < 1.29 is 41.7 Å². The number of nitrogens with zero attached hydrogens (tertiary/aromatic N) is 1. The molecule has 4 aliphatic rings. The van der Waals surface area contributed by atoms with E-state index in [1.54, 1.807) is 25.3 Å². The van der Waals surface area contributed by atoms with Gasteiger partial charge in [-0.15, -0.1) is 0 Å². The van der Waals surface area contributed by atoms with Gasteiger partial charge >= 0.3 is 0 Å². The van der Waals surface area contributed by atoms with E-state index in [1.165, 1.54) is 23.5 Å². The molecule has 0 aromatic heterocycles. The molecule has 0 radical (unpaired) electrons. The molecule has 0 aliphatic carbocycles. The highest BCUT2D eigenvalue weighted by Gasteiger charge is 2.39. The van der Waals surface area contributed by atoms with E-state index in [0.29, 0.717) is 84.6 Å². The lowest BCUT2D eigenvalue weighted by atomic mass is 9.89. The smallest absolute Gasteiger partial charge is 0.262 e. The summed E-state index contributed by atoms with van der Waals surface area (Å²) in [5.74, 6) is 2.39. The summed E-state index contributed by atoms with van der Waals surface area (Å²) in [6.45, 7) is 0.741. The van der Waals surface area contributed by atoms with E-state index in [0.717, 1.165) is 16.7 Å². The quantitative estimate of drug-likeness (QED) is 0.301. The predicted octanol–water partition coefficient (Wildman–Crippen LogP) is 4.99. The monoisotopic (exact) mass is 699 g/mol. The summed E-state index contributed by atoms with van der Waals surface area (Å²) in [5, 5.41) is 5.65. The van der Waals surface area contributed by atoms with Crippen LogP contribution in [0.4, 0.5) is 5.69 Å². The Bertz CT molecular complexity index is 2070. The van der Waals surface area contributed by atoms with Gasteiger partial charge in [-0.25, -0.2) is 8.42 Å². The minimum atomic E-state index is -4.15. The fourth-order valence-electron chi connectivity index (χ4n) is 6.50. The number of ether oxygens (including phenoxy) is 5. The van der Waals surface area contributed by atoms with Gasteiger partial charge in [-0.05, 0) is 96.1 Å². The van der Waals surface area contributed by atoms with E-state index in [2.05, 4.69) is 10.6 Å². The number of fused-ring (bicyclic) bond motifs is 9. The molecule has 8 bridgehead atoms. The van der Waals surface area contributed by atoms with Crippen LogP contribution in [0.25, 0.3) is 0 Å². The molecule has 0 fully saturated rings. The lowest BCUT2D eigenvalue weighted by Gasteiger charge is -2.37. The number of rotatable bonds is 4. The molecular formula is C37H37N3O9S. The van der Waals surface area contributed by atoms with Crippen LogP contribution in [0, 0.1) is 0 Å². The summed E-state index contributed by atoms with van der Waals surface area (Å²) >= 11 is 0. The van der Waals surface area contributed by atoms with Crippen molar-refractivity contribution in [3.05, 3.63) is 95.1 Å². The number of benzene rings is 4. The Labute approximate surface area is 290 Å². The summed E-state index contributed by atoms with van der Waals surface area (Å²) in [7, 11) is -1.07. The summed E-state index contributed by atoms with van der Waals surface area (Å²) < 4.78 is 60.1. The molecule has 2 N–H and O–H groups in total. The Morgan fingerprint density at radius 3 is 2.52 bits per heavy atom. The number of carbonyl (C=O) groups is 2. The van der Waals surface area contributed by atoms with Gasteiger partial charge in [-0.2, -0.15) is 4.31 Å². The standard InChI is InChI=1S/C37H37N3O9S/c1-45-31-10-8-25-19-33(31)47-16-4-14-38-35(41)12-7-23-5-3-6-26(17-23)49-34-18-24-13-15-40(37(25)28(24)21-32(34)46-2)50(43,44)27-9-11-30-29(20-27)39-36(42)22-48-30/h3,5-6,8-11,17-21,37H,4,7,12-16,22H2,1-2H3,(H,38,41)(H,39,42). The van der Waals surface area contributed by atoms with Gasteiger partial charge in [-0.1, -0.05) is 18.2 Å². The Morgan fingerprint density at radius 2 is 1.68 bits per heavy atom. The summed E-state index contributed by atoms with van der Waals surface area (Å²) in [4.78, 5) is 24.6. The van der Waals surface area contributed by atoms with Crippen molar-refractivity contribution in [3.63, 3.8) is 0 Å². The third-order valence-electron chi connectivity index (χ3n) is 8.97. The second-order valence-electron chi connectivity index (χ2n) is 12.2. The largest absolute Gasteiger partial charge is 0.493 e. The van der Waals surface area contributed by atoms with Gasteiger partial charge in [0.25, 0.3) is 5.91 Å². The van der Waals surface area contributed by atoms with Crippen molar-refractivity contribution >= 4 is 27.5 Å². The first-order chi connectivity index (χ1) is 24.2. The molecule has 0 spiro atoms. The molecule has 4 heterocycles. The molecule has 260 valence electrons. The Balaban J connectivity index is 1.36. The molecule has 0 saturated heterocycles. The number of hydrogen-bond acceptors (Lipinski definition) is 9. The zero-order chi connectivity index (χ0) is 34.8. The maximum absolute atomic E-state index is 14.6. The van der Waals surface area contributed by atoms with Gasteiger partial charge in [0.15, 0.2) is 29.6 Å². The van der Waals surface area contributed by atoms with Gasteiger partial charge < -0.3 is 34.3 Å². The van der Waals surface area contributed by atoms with Crippen molar-refractivity contribution in [2.45, 2.75) is 36.6 Å². The van der Waals surface area contributed by atoms with Crippen molar-refractivity contribution in [1.29, 1.82) is 0 Å². The molecular weight excluding hydrogens is 662 g/mol. The molecule has 13 heteroatoms. The van der Waals surface area contributed by atoms with Crippen LogP contribution in [0.3, 0.4) is 0 Å². The van der Waals surface area contributed by atoms with E-state index >= 15 is 0 Å². The highest BCUT2D eigenvalue weighted by atomic mass is 32.2. The van der Waals surface area contributed by atoms with Crippen molar-refractivity contribution in [1.82, 2.24) is 9.62 Å². The Hall–Kier alpha value is -5.27. The molecule has 4 aromatic rings. The van der Waals surface area contributed by atoms with Crippen molar-refractivity contribution in [2.75, 3.05) is 45.8 Å². The average Bonchev–Trinajstić information content (AvgIpc) is 3.12. The highest BCUT2D eigenvalue weighted by molar-refractivity contribution is 7.89. The van der Waals surface area contributed by atoms with E-state index in [1.807, 2.05) is 42.5 Å². The average molecular weight is 700 g/mol. The van der Waals surface area contributed by atoms with Gasteiger partial charge in [-0.3, -0.25) is 9.59 Å². The molecule has 1 atom stereocenters. The van der Waals surface area contributed by atoms with Crippen LogP contribution < -0.4 is 34.3 Å². The maximum atomic E-state index is 14.6. The van der Waals surface area contributed by atoms with E-state index in [4.69, 9.17) is 23.7 Å². The molecule has 4 aliphatic heterocycles. The first kappa shape index (κ1) is 33.2. The van der Waals surface area contributed by atoms with E-state index in [-0.39, 0.29) is 29.9 Å². The predicted molar refractivity (Wildman–Crippen MR) is 184 cm³/mol. The first-order valence-corrected chi connectivity index (χ1v) is 17.8. The van der Waals surface area contributed by atoms with Crippen LogP contribution in [0.15, 0.2) is 77.7 Å². The third-order valence-corrected chi connectivity index (χ3v) is 10.8. The lowest BCUT2D eigenvalue weighted by molar-refractivity contribution is -0.121. The first-order valence-electron chi connectivity index (χ1n) is 16.4. The number of anilines is 1. The molecule has 4 aromatic carbocycles. The van der Waals surface area contributed by atoms with E-state index < -0.39 is 16.1 Å². The second-order valence-corrected chi connectivity index (χ2v) is 14.1. The normalized spacial score (nSPS) is 17.9. The van der Waals surface area contributed by atoms with Crippen LogP contribution >= 0.6 is 0 Å². The Morgan fingerprint density at radius 1 is 0.820 bits per heavy atom. The van der Waals surface area contributed by atoms with Gasteiger partial charge in [0, 0.05) is 19.5 Å². The zero-order valence-corrected chi connectivity index (χ0v) is 28.5. The number of methoxy groups -OCH3 is 2. The summed E-state index contributed by atoms with van der Waals surface area (Å²) in [6, 6.07) is 20.4. The van der Waals surface area contributed by atoms with Crippen molar-refractivity contribution in [3.8, 4) is 34.5 Å². The van der Waals surface area contributed by atoms with Crippen LogP contribution in [-0.2, 0) is 32.5 Å². The van der Waals surface area contributed by atoms with Crippen LogP contribution in [0.5, 0.6) is 34.5 Å². The number of sulfonamides is 1. The fourth-order valence-corrected chi connectivity index (χ4v) is 8.12. The molecule has 8 rings (SSSR count). The molecule has 0 saturated carbocycles. The summed E-state index contributed by atoms with van der Waals surface area (Å²) in [5.41, 5.74) is 3.50. The van der Waals surface area contributed by atoms with Crippen molar-refractivity contribution in [2.24, 2.45) is 0 Å². The number of hydrogen-bond donors (Lipinski definition) is 2. The highest BCUT2D eigenvalue weighted by Crippen LogP contribution is 2.46. The number of nitrogens with one attached hydrogen (secondary N) is 2. The number of aryl methyl sites for hydroxylation is 1. The van der Waals surface area contributed by atoms with Crippen LogP contribution in [-0.4, -0.2) is 65.1 Å². The molecule has 50 heavy (non-hydrogen) atoms. The molecule has 1 unspecified atom stereocenters. The number of carbonyl (C=O) groups excluding carboxylic acids is 2. The zero-order valence-electron chi connectivity index (χ0n) is 27.7. The third kappa shape index (κ3) is 6.66. The number of amides is 2. The van der Waals surface area contributed by atoms with Crippen LogP contribution in [0.2, 0.25) is 0 Å². The fraction of sp³-hybridized carbons (Fsp3) is 0.297. The van der Waals surface area contributed by atoms with Gasteiger partial charge in [0.1, 0.15) is 11.5 Å². The van der Waals surface area contributed by atoms with Gasteiger partial charge in [0.05, 0.1) is 37.5 Å². The Kier molecular flexibility index (Phi) is 9.25. The maximum Gasteiger partial charge on any atom is 0.262 e. The minimum Gasteiger partial charge on any atom is -0.493 e. The van der Waals surface area contributed by atoms with Gasteiger partial charge in [0.2, 0.25) is 15.9 Å². The lowest BCUT2D eigenvalue weighted by Crippen LogP contribution is -2.40. The second kappa shape index (κ2) is 13.9.